The normalized spacial score (nSPS) is 51.1. The van der Waals surface area contributed by atoms with E-state index in [1.54, 1.807) is 0 Å². The van der Waals surface area contributed by atoms with Crippen molar-refractivity contribution in [1.82, 2.24) is 4.90 Å². The predicted molar refractivity (Wildman–Crippen MR) is 65.7 cm³/mol. The molecule has 0 aromatic rings. The molecule has 0 aromatic carbocycles. The molecule has 3 nitrogen and oxygen atoms in total. The van der Waals surface area contributed by atoms with E-state index in [2.05, 4.69) is 18.9 Å². The topological polar surface area (TPSA) is 40.5 Å². The second-order valence-corrected chi connectivity index (χ2v) is 6.73. The van der Waals surface area contributed by atoms with Crippen LogP contribution in [-0.2, 0) is 4.79 Å². The number of Topliss-reactive ketones (excluding diaryl/α,β-unsaturated/α-hetero) is 1. The highest BCUT2D eigenvalue weighted by Crippen LogP contribution is 2.56. The summed E-state index contributed by atoms with van der Waals surface area (Å²) in [7, 11) is 2.14. The number of nitrogens with zero attached hydrogens (tertiary/aromatic N) is 1. The van der Waals surface area contributed by atoms with Crippen molar-refractivity contribution in [2.75, 3.05) is 13.6 Å². The second-order valence-electron chi connectivity index (χ2n) is 6.73. The third-order valence-electron chi connectivity index (χ3n) is 5.45. The minimum atomic E-state index is -0.707. The van der Waals surface area contributed by atoms with Gasteiger partial charge in [0.25, 0.3) is 0 Å². The molecule has 4 atom stereocenters. The molecule has 0 amide bonds. The smallest absolute Gasteiger partial charge is 0.137 e. The first-order chi connectivity index (χ1) is 7.96. The van der Waals surface area contributed by atoms with Crippen molar-refractivity contribution in [2.24, 2.45) is 11.8 Å². The maximum absolute atomic E-state index is 12.0. The second kappa shape index (κ2) is 3.55. The lowest BCUT2D eigenvalue weighted by Crippen LogP contribution is -2.70. The standard InChI is InChI=1S/C14H23NO2/c1-10-6-13-8-11(16)9-14(17,7-10)12(13)4-3-5-15(13)2/h10,12,17H,3-9H2,1-2H3/t10-,12+,13+,14-/m1/s1. The highest BCUT2D eigenvalue weighted by molar-refractivity contribution is 5.82. The molecule has 2 bridgehead atoms. The quantitative estimate of drug-likeness (QED) is 0.695. The summed E-state index contributed by atoms with van der Waals surface area (Å²) < 4.78 is 0. The van der Waals surface area contributed by atoms with E-state index in [1.807, 2.05) is 0 Å². The van der Waals surface area contributed by atoms with Crippen LogP contribution in [-0.4, -0.2) is 40.5 Å². The van der Waals surface area contributed by atoms with Gasteiger partial charge in [0.2, 0.25) is 0 Å². The molecule has 1 aliphatic heterocycles. The fourth-order valence-corrected chi connectivity index (χ4v) is 5.05. The van der Waals surface area contributed by atoms with Crippen LogP contribution in [0.1, 0.15) is 45.4 Å². The number of piperidine rings is 1. The van der Waals surface area contributed by atoms with Crippen molar-refractivity contribution >= 4 is 5.78 Å². The Bertz CT molecular complexity index is 356. The van der Waals surface area contributed by atoms with Crippen molar-refractivity contribution in [3.63, 3.8) is 0 Å². The van der Waals surface area contributed by atoms with Crippen molar-refractivity contribution < 1.29 is 9.90 Å². The summed E-state index contributed by atoms with van der Waals surface area (Å²) in [5.74, 6) is 1.12. The fourth-order valence-electron chi connectivity index (χ4n) is 5.05. The number of ketones is 1. The van der Waals surface area contributed by atoms with Crippen LogP contribution in [0.3, 0.4) is 0 Å². The Morgan fingerprint density at radius 2 is 2.12 bits per heavy atom. The zero-order valence-electron chi connectivity index (χ0n) is 10.9. The van der Waals surface area contributed by atoms with E-state index in [4.69, 9.17) is 0 Å². The van der Waals surface area contributed by atoms with Crippen LogP contribution in [0.2, 0.25) is 0 Å². The average molecular weight is 237 g/mol. The minimum absolute atomic E-state index is 0.0278. The molecule has 0 unspecified atom stereocenters. The molecule has 1 saturated heterocycles. The zero-order chi connectivity index (χ0) is 12.3. The number of rotatable bonds is 0. The van der Waals surface area contributed by atoms with Crippen molar-refractivity contribution in [3.05, 3.63) is 0 Å². The number of likely N-dealkylation sites (tertiary alicyclic amines) is 1. The van der Waals surface area contributed by atoms with Crippen molar-refractivity contribution in [3.8, 4) is 0 Å². The summed E-state index contributed by atoms with van der Waals surface area (Å²) in [6.07, 6.45) is 5.23. The van der Waals surface area contributed by atoms with Crippen LogP contribution < -0.4 is 0 Å². The van der Waals surface area contributed by atoms with Crippen molar-refractivity contribution in [1.29, 1.82) is 0 Å². The molecule has 0 aromatic heterocycles. The number of aliphatic hydroxyl groups is 1. The van der Waals surface area contributed by atoms with E-state index in [0.717, 1.165) is 32.2 Å². The first kappa shape index (κ1) is 11.7. The Morgan fingerprint density at radius 3 is 2.88 bits per heavy atom. The predicted octanol–water partition coefficient (Wildman–Crippen LogP) is 1.59. The van der Waals surface area contributed by atoms with Gasteiger partial charge in [0.15, 0.2) is 0 Å². The number of hydrogen-bond donors (Lipinski definition) is 1. The van der Waals surface area contributed by atoms with Crippen LogP contribution >= 0.6 is 0 Å². The van der Waals surface area contributed by atoms with Gasteiger partial charge in [0.1, 0.15) is 5.78 Å². The van der Waals surface area contributed by atoms with Crippen LogP contribution in [0, 0.1) is 11.8 Å². The molecule has 3 heteroatoms. The van der Waals surface area contributed by atoms with Crippen LogP contribution in [0.5, 0.6) is 0 Å². The first-order valence-electron chi connectivity index (χ1n) is 6.92. The Labute approximate surface area is 103 Å². The van der Waals surface area contributed by atoms with E-state index in [-0.39, 0.29) is 11.3 Å². The molecule has 1 heterocycles. The van der Waals surface area contributed by atoms with Crippen molar-refractivity contribution in [2.45, 2.75) is 56.6 Å². The van der Waals surface area contributed by atoms with E-state index >= 15 is 0 Å². The molecule has 96 valence electrons. The Hall–Kier alpha value is -0.410. The van der Waals surface area contributed by atoms with Gasteiger partial charge in [-0.2, -0.15) is 0 Å². The number of carbonyl (C=O) groups excluding carboxylic acids is 1. The molecular formula is C14H23NO2. The van der Waals surface area contributed by atoms with Gasteiger partial charge in [0.05, 0.1) is 5.60 Å². The number of hydrogen-bond acceptors (Lipinski definition) is 3. The lowest BCUT2D eigenvalue weighted by molar-refractivity contribution is -0.189. The van der Waals surface area contributed by atoms with E-state index in [1.165, 1.54) is 0 Å². The lowest BCUT2D eigenvalue weighted by atomic mass is 9.52. The molecule has 1 N–H and O–H groups in total. The SMILES string of the molecule is C[C@H]1C[C@@]2(O)CC(=O)C[C@@]3(C1)[C@@H]2CCCN3C. The minimum Gasteiger partial charge on any atom is -0.389 e. The Kier molecular flexibility index (Phi) is 2.43. The van der Waals surface area contributed by atoms with E-state index in [0.29, 0.717) is 24.7 Å². The zero-order valence-corrected chi connectivity index (χ0v) is 10.9. The molecule has 0 radical (unpaired) electrons. The summed E-state index contributed by atoms with van der Waals surface area (Å²) in [4.78, 5) is 14.4. The lowest BCUT2D eigenvalue weighted by Gasteiger charge is -2.63. The summed E-state index contributed by atoms with van der Waals surface area (Å²) in [5.41, 5.74) is -0.734. The van der Waals surface area contributed by atoms with E-state index < -0.39 is 5.60 Å². The molecule has 3 fully saturated rings. The highest BCUT2D eigenvalue weighted by Gasteiger charge is 2.61. The third-order valence-corrected chi connectivity index (χ3v) is 5.45. The van der Waals surface area contributed by atoms with Crippen LogP contribution in [0.25, 0.3) is 0 Å². The van der Waals surface area contributed by atoms with Gasteiger partial charge in [0, 0.05) is 24.3 Å². The molecule has 2 aliphatic carbocycles. The van der Waals surface area contributed by atoms with Gasteiger partial charge >= 0.3 is 0 Å². The molecule has 3 aliphatic rings. The maximum atomic E-state index is 12.0. The summed E-state index contributed by atoms with van der Waals surface area (Å²) >= 11 is 0. The van der Waals surface area contributed by atoms with Gasteiger partial charge in [-0.3, -0.25) is 9.69 Å². The Morgan fingerprint density at radius 1 is 1.35 bits per heavy atom. The van der Waals surface area contributed by atoms with Gasteiger partial charge in [-0.1, -0.05) is 6.92 Å². The maximum Gasteiger partial charge on any atom is 0.137 e. The first-order valence-corrected chi connectivity index (χ1v) is 6.92. The average Bonchev–Trinajstić information content (AvgIpc) is 2.17. The van der Waals surface area contributed by atoms with Gasteiger partial charge < -0.3 is 5.11 Å². The summed E-state index contributed by atoms with van der Waals surface area (Å²) in [6.45, 7) is 3.30. The fraction of sp³-hybridized carbons (Fsp3) is 0.929. The van der Waals surface area contributed by atoms with Gasteiger partial charge in [-0.15, -0.1) is 0 Å². The van der Waals surface area contributed by atoms with Crippen LogP contribution in [0.4, 0.5) is 0 Å². The monoisotopic (exact) mass is 237 g/mol. The number of carbonyl (C=O) groups is 1. The summed E-state index contributed by atoms with van der Waals surface area (Å²) in [6, 6.07) is 0. The van der Waals surface area contributed by atoms with Gasteiger partial charge in [-0.25, -0.2) is 0 Å². The molecule has 2 saturated carbocycles. The summed E-state index contributed by atoms with van der Waals surface area (Å²) in [5, 5.41) is 10.9. The Balaban J connectivity index is 2.06. The molecule has 0 spiro atoms. The largest absolute Gasteiger partial charge is 0.389 e. The third kappa shape index (κ3) is 1.52. The molecule has 3 rings (SSSR count). The molecular weight excluding hydrogens is 214 g/mol. The molecule has 17 heavy (non-hydrogen) atoms. The highest BCUT2D eigenvalue weighted by atomic mass is 16.3. The van der Waals surface area contributed by atoms with E-state index in [9.17, 15) is 9.90 Å². The van der Waals surface area contributed by atoms with Gasteiger partial charge in [-0.05, 0) is 45.2 Å². The van der Waals surface area contributed by atoms with Crippen LogP contribution in [0.15, 0.2) is 0 Å².